The summed E-state index contributed by atoms with van der Waals surface area (Å²) in [6, 6.07) is 0. The zero-order valence-electron chi connectivity index (χ0n) is 10.3. The summed E-state index contributed by atoms with van der Waals surface area (Å²) in [4.78, 5) is 15.7. The number of hydrogen-bond acceptors (Lipinski definition) is 4. The van der Waals surface area contributed by atoms with Gasteiger partial charge in [0.2, 0.25) is 0 Å². The second kappa shape index (κ2) is 4.98. The predicted molar refractivity (Wildman–Crippen MR) is 63.1 cm³/mol. The molecule has 0 aliphatic carbocycles. The van der Waals surface area contributed by atoms with Gasteiger partial charge in [0, 0.05) is 27.2 Å². The van der Waals surface area contributed by atoms with Gasteiger partial charge < -0.3 is 15.5 Å². The third-order valence-electron chi connectivity index (χ3n) is 2.40. The first kappa shape index (κ1) is 12.5. The quantitative estimate of drug-likeness (QED) is 0.759. The van der Waals surface area contributed by atoms with Gasteiger partial charge in [-0.1, -0.05) is 0 Å². The molecule has 1 rings (SSSR count). The molecule has 0 atom stereocenters. The smallest absolute Gasteiger partial charge is 0.274 e. The van der Waals surface area contributed by atoms with Crippen molar-refractivity contribution in [3.05, 3.63) is 11.9 Å². The maximum absolute atomic E-state index is 12.0. The molecule has 0 saturated heterocycles. The molecule has 16 heavy (non-hydrogen) atoms. The number of aromatic nitrogens is 2. The number of nitrogens with two attached hydrogens (primary N) is 1. The van der Waals surface area contributed by atoms with Gasteiger partial charge in [-0.2, -0.15) is 5.10 Å². The Labute approximate surface area is 95.6 Å². The summed E-state index contributed by atoms with van der Waals surface area (Å²) in [5.41, 5.74) is 6.56. The number of anilines is 1. The second-order valence-corrected chi connectivity index (χ2v) is 4.10. The van der Waals surface area contributed by atoms with E-state index in [0.29, 0.717) is 17.9 Å². The van der Waals surface area contributed by atoms with Crippen LogP contribution in [0.1, 0.15) is 10.5 Å². The van der Waals surface area contributed by atoms with E-state index >= 15 is 0 Å². The van der Waals surface area contributed by atoms with Crippen LogP contribution < -0.4 is 5.73 Å². The topological polar surface area (TPSA) is 67.4 Å². The molecule has 0 radical (unpaired) electrons. The molecule has 0 bridgehead atoms. The van der Waals surface area contributed by atoms with Gasteiger partial charge in [0.1, 0.15) is 5.69 Å². The lowest BCUT2D eigenvalue weighted by Gasteiger charge is -2.19. The Morgan fingerprint density at radius 2 is 2.06 bits per heavy atom. The average molecular weight is 225 g/mol. The maximum Gasteiger partial charge on any atom is 0.274 e. The van der Waals surface area contributed by atoms with Crippen LogP contribution in [-0.4, -0.2) is 59.7 Å². The fraction of sp³-hybridized carbons (Fsp3) is 0.600. The van der Waals surface area contributed by atoms with Gasteiger partial charge in [-0.15, -0.1) is 0 Å². The number of nitrogens with zero attached hydrogens (tertiary/aromatic N) is 4. The number of carbonyl (C=O) groups is 1. The molecular formula is C10H19N5O. The molecule has 0 aliphatic heterocycles. The highest BCUT2D eigenvalue weighted by atomic mass is 16.2. The number of carbonyl (C=O) groups excluding carboxylic acids is 1. The Morgan fingerprint density at radius 1 is 1.44 bits per heavy atom. The minimum atomic E-state index is -0.0978. The van der Waals surface area contributed by atoms with Crippen molar-refractivity contribution >= 4 is 11.6 Å². The van der Waals surface area contributed by atoms with E-state index in [1.807, 2.05) is 19.0 Å². The van der Waals surface area contributed by atoms with Crippen molar-refractivity contribution in [2.45, 2.75) is 0 Å². The van der Waals surface area contributed by atoms with Crippen molar-refractivity contribution in [3.8, 4) is 0 Å². The molecule has 1 aromatic rings. The minimum Gasteiger partial charge on any atom is -0.396 e. The van der Waals surface area contributed by atoms with E-state index in [1.54, 1.807) is 19.0 Å². The molecule has 6 heteroatoms. The molecular weight excluding hydrogens is 206 g/mol. The van der Waals surface area contributed by atoms with Gasteiger partial charge in [-0.05, 0) is 14.1 Å². The van der Waals surface area contributed by atoms with Gasteiger partial charge in [-0.3, -0.25) is 9.48 Å². The highest BCUT2D eigenvalue weighted by Gasteiger charge is 2.18. The molecule has 0 saturated carbocycles. The number of aryl methyl sites for hydroxylation is 1. The molecule has 1 aromatic heterocycles. The highest BCUT2D eigenvalue weighted by Crippen LogP contribution is 2.11. The van der Waals surface area contributed by atoms with Crippen LogP contribution in [0.15, 0.2) is 6.20 Å². The summed E-state index contributed by atoms with van der Waals surface area (Å²) in [5, 5.41) is 3.95. The van der Waals surface area contributed by atoms with E-state index in [4.69, 9.17) is 5.73 Å². The van der Waals surface area contributed by atoms with Crippen molar-refractivity contribution in [1.29, 1.82) is 0 Å². The molecule has 0 fully saturated rings. The van der Waals surface area contributed by atoms with Crippen molar-refractivity contribution in [3.63, 3.8) is 0 Å². The number of amides is 1. The number of hydrogen-bond donors (Lipinski definition) is 1. The van der Waals surface area contributed by atoms with Crippen LogP contribution in [0.25, 0.3) is 0 Å². The monoisotopic (exact) mass is 225 g/mol. The lowest BCUT2D eigenvalue weighted by atomic mass is 10.3. The molecule has 2 N–H and O–H groups in total. The van der Waals surface area contributed by atoms with Crippen LogP contribution in [0.5, 0.6) is 0 Å². The van der Waals surface area contributed by atoms with Crippen molar-refractivity contribution in [2.24, 2.45) is 7.05 Å². The summed E-state index contributed by atoms with van der Waals surface area (Å²) in [5.74, 6) is -0.0978. The van der Waals surface area contributed by atoms with Crippen LogP contribution in [0.2, 0.25) is 0 Å². The summed E-state index contributed by atoms with van der Waals surface area (Å²) in [7, 11) is 7.41. The molecule has 6 nitrogen and oxygen atoms in total. The normalized spacial score (nSPS) is 10.8. The fourth-order valence-corrected chi connectivity index (χ4v) is 1.35. The van der Waals surface area contributed by atoms with E-state index in [0.717, 1.165) is 6.54 Å². The molecule has 0 spiro atoms. The van der Waals surface area contributed by atoms with Crippen LogP contribution >= 0.6 is 0 Å². The zero-order valence-corrected chi connectivity index (χ0v) is 10.3. The maximum atomic E-state index is 12.0. The van der Waals surface area contributed by atoms with Crippen LogP contribution in [0, 0.1) is 0 Å². The number of rotatable bonds is 4. The standard InChI is InChI=1S/C10H19N5O/c1-13(2)5-6-14(3)10(16)9-8(11)7-12-15(9)4/h7H,5-6,11H2,1-4H3. The summed E-state index contributed by atoms with van der Waals surface area (Å²) < 4.78 is 1.50. The fourth-order valence-electron chi connectivity index (χ4n) is 1.35. The molecule has 90 valence electrons. The Balaban J connectivity index is 2.71. The van der Waals surface area contributed by atoms with E-state index in [9.17, 15) is 4.79 Å². The van der Waals surface area contributed by atoms with Crippen molar-refractivity contribution < 1.29 is 4.79 Å². The first-order valence-corrected chi connectivity index (χ1v) is 5.11. The number of likely N-dealkylation sites (N-methyl/N-ethyl adjacent to an activating group) is 2. The zero-order chi connectivity index (χ0) is 12.3. The van der Waals surface area contributed by atoms with Crippen LogP contribution in [-0.2, 0) is 7.05 Å². The van der Waals surface area contributed by atoms with E-state index in [1.165, 1.54) is 10.9 Å². The lowest BCUT2D eigenvalue weighted by Crippen LogP contribution is -2.34. The molecule has 1 amide bonds. The van der Waals surface area contributed by atoms with Gasteiger partial charge in [0.05, 0.1) is 11.9 Å². The Morgan fingerprint density at radius 3 is 2.50 bits per heavy atom. The average Bonchev–Trinajstić information content (AvgIpc) is 2.54. The van der Waals surface area contributed by atoms with Crippen LogP contribution in [0.3, 0.4) is 0 Å². The lowest BCUT2D eigenvalue weighted by molar-refractivity contribution is 0.0776. The molecule has 0 aromatic carbocycles. The molecule has 0 unspecified atom stereocenters. The minimum absolute atomic E-state index is 0.0978. The third kappa shape index (κ3) is 2.73. The van der Waals surface area contributed by atoms with E-state index < -0.39 is 0 Å². The van der Waals surface area contributed by atoms with Gasteiger partial charge >= 0.3 is 0 Å². The number of nitrogen functional groups attached to an aromatic ring is 1. The summed E-state index contributed by atoms with van der Waals surface area (Å²) >= 11 is 0. The third-order valence-corrected chi connectivity index (χ3v) is 2.40. The Bertz CT molecular complexity index is 352. The highest BCUT2D eigenvalue weighted by molar-refractivity contribution is 5.97. The molecule has 1 heterocycles. The van der Waals surface area contributed by atoms with E-state index in [2.05, 4.69) is 5.10 Å². The SMILES string of the molecule is CN(C)CCN(C)C(=O)c1c(N)cnn1C. The van der Waals surface area contributed by atoms with Crippen molar-refractivity contribution in [2.75, 3.05) is 40.0 Å². The predicted octanol–water partition coefficient (Wildman–Crippen LogP) is -0.364. The second-order valence-electron chi connectivity index (χ2n) is 4.10. The first-order chi connectivity index (χ1) is 7.43. The Hall–Kier alpha value is -1.56. The van der Waals surface area contributed by atoms with Gasteiger partial charge in [0.25, 0.3) is 5.91 Å². The van der Waals surface area contributed by atoms with E-state index in [-0.39, 0.29) is 5.91 Å². The summed E-state index contributed by atoms with van der Waals surface area (Å²) in [6.07, 6.45) is 1.49. The molecule has 0 aliphatic rings. The van der Waals surface area contributed by atoms with Crippen LogP contribution in [0.4, 0.5) is 5.69 Å². The van der Waals surface area contributed by atoms with Crippen molar-refractivity contribution in [1.82, 2.24) is 19.6 Å². The van der Waals surface area contributed by atoms with Gasteiger partial charge in [-0.25, -0.2) is 0 Å². The Kier molecular flexibility index (Phi) is 3.89. The van der Waals surface area contributed by atoms with Gasteiger partial charge in [0.15, 0.2) is 0 Å². The first-order valence-electron chi connectivity index (χ1n) is 5.11. The summed E-state index contributed by atoms with van der Waals surface area (Å²) in [6.45, 7) is 1.48. The largest absolute Gasteiger partial charge is 0.396 e.